The molecule has 0 N–H and O–H groups in total. The minimum atomic E-state index is -1.02. The fourth-order valence-electron chi connectivity index (χ4n) is 2.16. The van der Waals surface area contributed by atoms with Crippen LogP contribution in [-0.4, -0.2) is 29.1 Å². The molecule has 0 saturated heterocycles. The van der Waals surface area contributed by atoms with Gasteiger partial charge in [0.1, 0.15) is 11.5 Å². The van der Waals surface area contributed by atoms with Gasteiger partial charge in [0.15, 0.2) is 17.7 Å². The number of halogens is 2. The largest absolute Gasteiger partial charge is 0.481 e. The second-order valence-electron chi connectivity index (χ2n) is 5.33. The Morgan fingerprint density at radius 3 is 2.61 bits per heavy atom. The van der Waals surface area contributed by atoms with Gasteiger partial charge in [0.2, 0.25) is 0 Å². The molecule has 1 amide bonds. The van der Waals surface area contributed by atoms with Crippen molar-refractivity contribution in [2.75, 3.05) is 7.05 Å². The highest BCUT2D eigenvalue weighted by Crippen LogP contribution is 2.18. The Labute approximate surface area is 132 Å². The number of hydrogen-bond acceptors (Lipinski definition) is 4. The molecule has 0 saturated carbocycles. The first-order valence-corrected chi connectivity index (χ1v) is 7.08. The van der Waals surface area contributed by atoms with Crippen LogP contribution in [0.5, 0.6) is 5.75 Å². The van der Waals surface area contributed by atoms with Gasteiger partial charge in [-0.25, -0.2) is 8.78 Å². The average molecular weight is 324 g/mol. The molecular weight excluding hydrogens is 306 g/mol. The molecule has 1 unspecified atom stereocenters. The SMILES string of the molecule is Cc1noc(C)c1CN(C)C(=O)C(C)Oc1ccc(F)c(F)c1. The quantitative estimate of drug-likeness (QED) is 0.848. The summed E-state index contributed by atoms with van der Waals surface area (Å²) in [6.07, 6.45) is -0.842. The summed E-state index contributed by atoms with van der Waals surface area (Å²) in [7, 11) is 1.62. The lowest BCUT2D eigenvalue weighted by Crippen LogP contribution is -2.37. The molecular formula is C16H18F2N2O3. The summed E-state index contributed by atoms with van der Waals surface area (Å²) >= 11 is 0. The zero-order valence-electron chi connectivity index (χ0n) is 13.4. The number of aryl methyl sites for hydroxylation is 2. The number of nitrogens with zero attached hydrogens (tertiary/aromatic N) is 2. The molecule has 1 aromatic heterocycles. The van der Waals surface area contributed by atoms with E-state index in [2.05, 4.69) is 5.16 Å². The van der Waals surface area contributed by atoms with Gasteiger partial charge < -0.3 is 14.2 Å². The number of ether oxygens (including phenoxy) is 1. The summed E-state index contributed by atoms with van der Waals surface area (Å²) in [6, 6.07) is 3.14. The van der Waals surface area contributed by atoms with Crippen LogP contribution in [0.15, 0.2) is 22.7 Å². The zero-order valence-corrected chi connectivity index (χ0v) is 13.4. The molecule has 0 radical (unpaired) electrons. The van der Waals surface area contributed by atoms with Crippen molar-refractivity contribution in [2.24, 2.45) is 0 Å². The van der Waals surface area contributed by atoms with Gasteiger partial charge in [-0.2, -0.15) is 0 Å². The summed E-state index contributed by atoms with van der Waals surface area (Å²) < 4.78 is 36.5. The first-order chi connectivity index (χ1) is 10.8. The molecule has 0 aliphatic carbocycles. The van der Waals surface area contributed by atoms with Gasteiger partial charge in [0, 0.05) is 18.7 Å². The van der Waals surface area contributed by atoms with Crippen molar-refractivity contribution in [3.05, 3.63) is 46.9 Å². The molecule has 7 heteroatoms. The summed E-state index contributed by atoms with van der Waals surface area (Å²) in [6.45, 7) is 5.44. The van der Waals surface area contributed by atoms with Crippen LogP contribution in [-0.2, 0) is 11.3 Å². The summed E-state index contributed by atoms with van der Waals surface area (Å²) in [4.78, 5) is 13.8. The predicted molar refractivity (Wildman–Crippen MR) is 78.9 cm³/mol. The minimum Gasteiger partial charge on any atom is -0.481 e. The van der Waals surface area contributed by atoms with E-state index in [4.69, 9.17) is 9.26 Å². The van der Waals surface area contributed by atoms with Crippen molar-refractivity contribution < 1.29 is 22.8 Å². The second kappa shape index (κ2) is 6.76. The Balaban J connectivity index is 2.02. The van der Waals surface area contributed by atoms with Gasteiger partial charge in [0.25, 0.3) is 5.91 Å². The number of carbonyl (C=O) groups is 1. The molecule has 0 aliphatic heterocycles. The first kappa shape index (κ1) is 16.9. The van der Waals surface area contributed by atoms with Crippen molar-refractivity contribution in [1.29, 1.82) is 0 Å². The molecule has 1 aromatic carbocycles. The minimum absolute atomic E-state index is 0.0930. The Hall–Kier alpha value is -2.44. The molecule has 2 aromatic rings. The van der Waals surface area contributed by atoms with Gasteiger partial charge in [-0.15, -0.1) is 0 Å². The summed E-state index contributed by atoms with van der Waals surface area (Å²) in [5, 5.41) is 3.84. The monoisotopic (exact) mass is 324 g/mol. The molecule has 2 rings (SSSR count). The van der Waals surface area contributed by atoms with E-state index in [1.807, 2.05) is 0 Å². The molecule has 1 heterocycles. The van der Waals surface area contributed by atoms with Crippen LogP contribution in [0.2, 0.25) is 0 Å². The smallest absolute Gasteiger partial charge is 0.263 e. The molecule has 0 aliphatic rings. The van der Waals surface area contributed by atoms with Gasteiger partial charge >= 0.3 is 0 Å². The number of aromatic nitrogens is 1. The number of hydrogen-bond donors (Lipinski definition) is 0. The van der Waals surface area contributed by atoms with E-state index in [1.54, 1.807) is 27.8 Å². The van der Waals surface area contributed by atoms with Crippen LogP contribution in [0.3, 0.4) is 0 Å². The van der Waals surface area contributed by atoms with Crippen LogP contribution in [0.4, 0.5) is 8.78 Å². The van der Waals surface area contributed by atoms with Crippen molar-refractivity contribution in [3.63, 3.8) is 0 Å². The van der Waals surface area contributed by atoms with E-state index in [0.717, 1.165) is 23.4 Å². The first-order valence-electron chi connectivity index (χ1n) is 7.08. The van der Waals surface area contributed by atoms with Gasteiger partial charge in [-0.05, 0) is 32.9 Å². The number of likely N-dealkylation sites (N-methyl/N-ethyl adjacent to an activating group) is 1. The standard InChI is InChI=1S/C16H18F2N2O3/c1-9-13(10(2)23-19-9)8-20(4)16(21)11(3)22-12-5-6-14(17)15(18)7-12/h5-7,11H,8H2,1-4H3. The molecule has 5 nitrogen and oxygen atoms in total. The van der Waals surface area contributed by atoms with Gasteiger partial charge in [-0.1, -0.05) is 5.16 Å². The Morgan fingerprint density at radius 2 is 2.04 bits per heavy atom. The Morgan fingerprint density at radius 1 is 1.35 bits per heavy atom. The number of amides is 1. The maximum Gasteiger partial charge on any atom is 0.263 e. The molecule has 124 valence electrons. The molecule has 23 heavy (non-hydrogen) atoms. The molecule has 0 spiro atoms. The highest BCUT2D eigenvalue weighted by molar-refractivity contribution is 5.80. The topological polar surface area (TPSA) is 55.6 Å². The molecule has 1 atom stereocenters. The predicted octanol–water partition coefficient (Wildman–Crippen LogP) is 3.00. The fraction of sp³-hybridized carbons (Fsp3) is 0.375. The highest BCUT2D eigenvalue weighted by atomic mass is 19.2. The average Bonchev–Trinajstić information content (AvgIpc) is 2.82. The zero-order chi connectivity index (χ0) is 17.1. The maximum atomic E-state index is 13.2. The van der Waals surface area contributed by atoms with Crippen molar-refractivity contribution in [1.82, 2.24) is 10.1 Å². The fourth-order valence-corrected chi connectivity index (χ4v) is 2.16. The lowest BCUT2D eigenvalue weighted by atomic mass is 10.2. The van der Waals surface area contributed by atoms with Crippen molar-refractivity contribution in [2.45, 2.75) is 33.4 Å². The van der Waals surface area contributed by atoms with E-state index in [-0.39, 0.29) is 11.7 Å². The van der Waals surface area contributed by atoms with Crippen LogP contribution in [0, 0.1) is 25.5 Å². The lowest BCUT2D eigenvalue weighted by molar-refractivity contribution is -0.137. The van der Waals surface area contributed by atoms with Crippen LogP contribution in [0.25, 0.3) is 0 Å². The third-order valence-electron chi connectivity index (χ3n) is 3.50. The lowest BCUT2D eigenvalue weighted by Gasteiger charge is -2.22. The van der Waals surface area contributed by atoms with E-state index >= 15 is 0 Å². The third-order valence-corrected chi connectivity index (χ3v) is 3.50. The number of carbonyl (C=O) groups excluding carboxylic acids is 1. The van der Waals surface area contributed by atoms with Crippen molar-refractivity contribution in [3.8, 4) is 5.75 Å². The van der Waals surface area contributed by atoms with E-state index in [9.17, 15) is 13.6 Å². The van der Waals surface area contributed by atoms with Gasteiger partial charge in [-0.3, -0.25) is 4.79 Å². The second-order valence-corrected chi connectivity index (χ2v) is 5.33. The normalized spacial score (nSPS) is 12.1. The number of rotatable bonds is 5. The number of benzene rings is 1. The Bertz CT molecular complexity index is 696. The van der Waals surface area contributed by atoms with E-state index in [1.165, 1.54) is 11.0 Å². The van der Waals surface area contributed by atoms with Crippen molar-refractivity contribution >= 4 is 5.91 Å². The maximum absolute atomic E-state index is 13.2. The molecule has 0 fully saturated rings. The molecule has 0 bridgehead atoms. The van der Waals surface area contributed by atoms with Gasteiger partial charge in [0.05, 0.1) is 12.2 Å². The van der Waals surface area contributed by atoms with Crippen LogP contribution < -0.4 is 4.74 Å². The third kappa shape index (κ3) is 3.85. The highest BCUT2D eigenvalue weighted by Gasteiger charge is 2.22. The summed E-state index contributed by atoms with van der Waals surface area (Å²) in [5.41, 5.74) is 1.55. The Kier molecular flexibility index (Phi) is 4.98. The summed E-state index contributed by atoms with van der Waals surface area (Å²) in [5.74, 6) is -1.54. The van der Waals surface area contributed by atoms with Crippen LogP contribution in [0.1, 0.15) is 23.9 Å². The van der Waals surface area contributed by atoms with E-state index in [0.29, 0.717) is 12.3 Å². The van der Waals surface area contributed by atoms with E-state index < -0.39 is 17.7 Å². The van der Waals surface area contributed by atoms with Crippen LogP contribution >= 0.6 is 0 Å².